The molecule has 0 radical (unpaired) electrons. The van der Waals surface area contributed by atoms with E-state index < -0.39 is 29.0 Å². The molecule has 1 aliphatic heterocycles. The molecule has 1 aromatic heterocycles. The number of rotatable bonds is 7. The predicted molar refractivity (Wildman–Crippen MR) is 114 cm³/mol. The lowest BCUT2D eigenvalue weighted by molar-refractivity contribution is -0.145. The van der Waals surface area contributed by atoms with E-state index >= 15 is 0 Å². The van der Waals surface area contributed by atoms with Gasteiger partial charge in [-0.05, 0) is 31.1 Å². The van der Waals surface area contributed by atoms with Crippen molar-refractivity contribution in [3.8, 4) is 0 Å². The number of likely N-dealkylation sites (tertiary alicyclic amines) is 1. The van der Waals surface area contributed by atoms with Gasteiger partial charge in [0.25, 0.3) is 0 Å². The monoisotopic (exact) mass is 449 g/mol. The molecule has 2 amide bonds. The van der Waals surface area contributed by atoms with Crippen LogP contribution < -0.4 is 5.32 Å². The summed E-state index contributed by atoms with van der Waals surface area (Å²) in [6.45, 7) is 5.69. The molecule has 178 valence electrons. The highest BCUT2D eigenvalue weighted by Crippen LogP contribution is 2.41. The first-order valence-electron chi connectivity index (χ1n) is 11.5. The smallest absolute Gasteiger partial charge is 0.248 e. The molecule has 0 spiro atoms. The Bertz CT molecular complexity index is 849. The number of nitrogens with one attached hydrogen (secondary N) is 1. The minimum Gasteiger partial charge on any atom is -0.396 e. The molecule has 3 atom stereocenters. The van der Waals surface area contributed by atoms with Crippen LogP contribution in [0.25, 0.3) is 0 Å². The van der Waals surface area contributed by atoms with Crippen LogP contribution in [-0.4, -0.2) is 85.0 Å². The van der Waals surface area contributed by atoms with E-state index in [-0.39, 0.29) is 44.0 Å². The molecule has 2 heterocycles. The number of β-amino-alcohol motifs (C(OH)–C–C–N with tert-alkyl or cyclic N) is 1. The Morgan fingerprint density at radius 2 is 1.91 bits per heavy atom. The fourth-order valence-corrected chi connectivity index (χ4v) is 5.02. The quantitative estimate of drug-likeness (QED) is 0.457. The normalized spacial score (nSPS) is 26.6. The van der Waals surface area contributed by atoms with Crippen molar-refractivity contribution >= 4 is 11.8 Å². The summed E-state index contributed by atoms with van der Waals surface area (Å²) in [5, 5.41) is 40.6. The van der Waals surface area contributed by atoms with Crippen LogP contribution in [0.2, 0.25) is 0 Å². The fraction of sp³-hybridized carbons (Fsp3) is 0.818. The first-order valence-corrected chi connectivity index (χ1v) is 11.5. The van der Waals surface area contributed by atoms with Crippen LogP contribution in [0.3, 0.4) is 0 Å². The SMILES string of the molecule is CC(C)(C)[C@@H](C(=O)N1CC(O)CC1C(=O)NC1CC(CO)(CO)C1)n1cc(C2CC2)nn1. The Morgan fingerprint density at radius 1 is 1.25 bits per heavy atom. The number of aliphatic hydroxyl groups is 3. The summed E-state index contributed by atoms with van der Waals surface area (Å²) >= 11 is 0. The molecule has 4 rings (SSSR count). The van der Waals surface area contributed by atoms with Crippen molar-refractivity contribution in [1.29, 1.82) is 0 Å². The summed E-state index contributed by atoms with van der Waals surface area (Å²) in [4.78, 5) is 28.2. The lowest BCUT2D eigenvalue weighted by Gasteiger charge is -2.46. The maximum Gasteiger partial charge on any atom is 0.248 e. The van der Waals surface area contributed by atoms with Gasteiger partial charge in [0, 0.05) is 36.5 Å². The van der Waals surface area contributed by atoms with E-state index in [1.165, 1.54) is 4.90 Å². The van der Waals surface area contributed by atoms with Gasteiger partial charge >= 0.3 is 0 Å². The van der Waals surface area contributed by atoms with E-state index in [0.29, 0.717) is 18.8 Å². The van der Waals surface area contributed by atoms with E-state index in [1.807, 2.05) is 27.0 Å². The zero-order valence-electron chi connectivity index (χ0n) is 19.1. The highest BCUT2D eigenvalue weighted by molar-refractivity contribution is 5.90. The van der Waals surface area contributed by atoms with Gasteiger partial charge in [-0.2, -0.15) is 0 Å². The number of hydrogen-bond acceptors (Lipinski definition) is 7. The summed E-state index contributed by atoms with van der Waals surface area (Å²) in [5.41, 5.74) is -0.133. The third-order valence-electron chi connectivity index (χ3n) is 7.08. The summed E-state index contributed by atoms with van der Waals surface area (Å²) in [5.74, 6) is -0.150. The van der Waals surface area contributed by atoms with Crippen LogP contribution in [0.1, 0.15) is 70.5 Å². The topological polar surface area (TPSA) is 141 Å². The van der Waals surface area contributed by atoms with E-state index in [4.69, 9.17) is 0 Å². The Labute approximate surface area is 188 Å². The molecule has 10 heteroatoms. The van der Waals surface area contributed by atoms with Crippen molar-refractivity contribution in [1.82, 2.24) is 25.2 Å². The number of aromatic nitrogens is 3. The molecule has 10 nitrogen and oxygen atoms in total. The lowest BCUT2D eigenvalue weighted by Crippen LogP contribution is -2.58. The van der Waals surface area contributed by atoms with Gasteiger partial charge in [-0.15, -0.1) is 5.10 Å². The minimum absolute atomic E-state index is 0.0928. The van der Waals surface area contributed by atoms with Crippen LogP contribution in [0, 0.1) is 10.8 Å². The molecule has 0 aromatic carbocycles. The maximum absolute atomic E-state index is 13.7. The van der Waals surface area contributed by atoms with E-state index in [1.54, 1.807) is 4.68 Å². The molecule has 3 aliphatic rings. The number of hydrogen-bond donors (Lipinski definition) is 4. The fourth-order valence-electron chi connectivity index (χ4n) is 5.02. The molecular weight excluding hydrogens is 414 g/mol. The van der Waals surface area contributed by atoms with E-state index in [9.17, 15) is 24.9 Å². The molecule has 2 saturated carbocycles. The third-order valence-corrected chi connectivity index (χ3v) is 7.08. The van der Waals surface area contributed by atoms with Crippen molar-refractivity contribution in [3.63, 3.8) is 0 Å². The van der Waals surface area contributed by atoms with Gasteiger partial charge in [-0.3, -0.25) is 9.59 Å². The Hall–Kier alpha value is -2.04. The summed E-state index contributed by atoms with van der Waals surface area (Å²) < 4.78 is 1.61. The Kier molecular flexibility index (Phi) is 6.06. The van der Waals surface area contributed by atoms with Gasteiger partial charge in [-0.1, -0.05) is 26.0 Å². The van der Waals surface area contributed by atoms with Gasteiger partial charge in [0.2, 0.25) is 11.8 Å². The third kappa shape index (κ3) is 4.40. The minimum atomic E-state index is -0.775. The zero-order chi connectivity index (χ0) is 23.3. The van der Waals surface area contributed by atoms with Crippen LogP contribution in [-0.2, 0) is 9.59 Å². The molecule has 1 saturated heterocycles. The summed E-state index contributed by atoms with van der Waals surface area (Å²) in [6, 6.07) is -1.58. The largest absolute Gasteiger partial charge is 0.396 e. The van der Waals surface area contributed by atoms with Gasteiger partial charge < -0.3 is 25.5 Å². The average Bonchev–Trinajstić information content (AvgIpc) is 3.31. The summed E-state index contributed by atoms with van der Waals surface area (Å²) in [7, 11) is 0. The number of aliphatic hydroxyl groups excluding tert-OH is 3. The van der Waals surface area contributed by atoms with E-state index in [2.05, 4.69) is 15.6 Å². The molecule has 3 fully saturated rings. The molecule has 32 heavy (non-hydrogen) atoms. The number of carbonyl (C=O) groups excluding carboxylic acids is 2. The molecule has 4 N–H and O–H groups in total. The van der Waals surface area contributed by atoms with Crippen molar-refractivity contribution in [3.05, 3.63) is 11.9 Å². The second-order valence-electron chi connectivity index (χ2n) is 11.0. The molecule has 2 unspecified atom stereocenters. The highest BCUT2D eigenvalue weighted by atomic mass is 16.3. The van der Waals surface area contributed by atoms with Gasteiger partial charge in [0.1, 0.15) is 12.1 Å². The number of nitrogens with zero attached hydrogens (tertiary/aromatic N) is 4. The predicted octanol–water partition coefficient (Wildman–Crippen LogP) is -0.0459. The zero-order valence-corrected chi connectivity index (χ0v) is 19.1. The second-order valence-corrected chi connectivity index (χ2v) is 11.0. The standard InChI is InChI=1S/C22H35N5O5/c1-21(2,3)18(27-10-16(24-25-27)13-4-5-13)20(32)26-9-15(30)6-17(26)19(31)23-14-7-22(8-14,11-28)12-29/h10,13-15,17-18,28-30H,4-9,11-12H2,1-3H3,(H,23,31)/t15?,17?,18-/m1/s1. The molecular formula is C22H35N5O5. The van der Waals surface area contributed by atoms with Crippen molar-refractivity contribution < 1.29 is 24.9 Å². The summed E-state index contributed by atoms with van der Waals surface area (Å²) in [6.07, 6.45) is 4.39. The maximum atomic E-state index is 13.7. The lowest BCUT2D eigenvalue weighted by atomic mass is 9.66. The van der Waals surface area contributed by atoms with Crippen molar-refractivity contribution in [2.24, 2.45) is 10.8 Å². The van der Waals surface area contributed by atoms with Crippen LogP contribution in [0.4, 0.5) is 0 Å². The highest BCUT2D eigenvalue weighted by Gasteiger charge is 2.48. The van der Waals surface area contributed by atoms with Gasteiger partial charge in [0.05, 0.1) is 25.0 Å². The van der Waals surface area contributed by atoms with Crippen molar-refractivity contribution in [2.45, 2.75) is 83.0 Å². The molecule has 2 aliphatic carbocycles. The Morgan fingerprint density at radius 3 is 2.47 bits per heavy atom. The van der Waals surface area contributed by atoms with Crippen LogP contribution >= 0.6 is 0 Å². The second kappa shape index (κ2) is 8.39. The van der Waals surface area contributed by atoms with Crippen LogP contribution in [0.5, 0.6) is 0 Å². The van der Waals surface area contributed by atoms with Crippen LogP contribution in [0.15, 0.2) is 6.20 Å². The Balaban J connectivity index is 1.49. The number of amides is 2. The first kappa shape index (κ1) is 23.1. The van der Waals surface area contributed by atoms with Crippen molar-refractivity contribution in [2.75, 3.05) is 19.8 Å². The van der Waals surface area contributed by atoms with Gasteiger partial charge in [0.15, 0.2) is 0 Å². The molecule has 0 bridgehead atoms. The van der Waals surface area contributed by atoms with Gasteiger partial charge in [-0.25, -0.2) is 4.68 Å². The average molecular weight is 450 g/mol. The first-order chi connectivity index (χ1) is 15.1. The number of carbonyl (C=O) groups is 2. The van der Waals surface area contributed by atoms with E-state index in [0.717, 1.165) is 18.5 Å². The molecule has 1 aromatic rings.